The van der Waals surface area contributed by atoms with Crippen LogP contribution in [0.15, 0.2) is 59.3 Å². The Labute approximate surface area is 164 Å². The minimum absolute atomic E-state index is 0.00647. The lowest BCUT2D eigenvalue weighted by Gasteiger charge is -2.08. The Hall–Kier alpha value is -3.88. The zero-order valence-corrected chi connectivity index (χ0v) is 15.2. The largest absolute Gasteiger partial charge is 0.379 e. The molecule has 146 valence electrons. The maximum absolute atomic E-state index is 13.0. The summed E-state index contributed by atoms with van der Waals surface area (Å²) < 4.78 is 18.2. The average Bonchev–Trinajstić information content (AvgIpc) is 3.20. The number of benzene rings is 2. The molecule has 0 unspecified atom stereocenters. The monoisotopic (exact) mass is 393 g/mol. The third-order valence-corrected chi connectivity index (χ3v) is 4.39. The summed E-state index contributed by atoms with van der Waals surface area (Å²) in [6, 6.07) is 12.6. The number of nitrogens with zero attached hydrogens (tertiary/aromatic N) is 4. The molecule has 2 aromatic carbocycles. The van der Waals surface area contributed by atoms with Crippen molar-refractivity contribution >= 4 is 22.3 Å². The number of hydrogen-bond donors (Lipinski definition) is 1. The summed E-state index contributed by atoms with van der Waals surface area (Å²) in [6.45, 7) is 0.487. The Kier molecular flexibility index (Phi) is 5.10. The summed E-state index contributed by atoms with van der Waals surface area (Å²) >= 11 is 0. The van der Waals surface area contributed by atoms with Crippen LogP contribution in [0.1, 0.15) is 12.3 Å². The first-order valence-electron chi connectivity index (χ1n) is 8.96. The van der Waals surface area contributed by atoms with Gasteiger partial charge in [-0.15, -0.1) is 0 Å². The molecule has 0 saturated heterocycles. The number of hydrogen-bond acceptors (Lipinski definition) is 7. The van der Waals surface area contributed by atoms with Crippen LogP contribution < -0.4 is 5.32 Å². The van der Waals surface area contributed by atoms with E-state index < -0.39 is 4.92 Å². The minimum Gasteiger partial charge on any atom is -0.379 e. The zero-order chi connectivity index (χ0) is 20.2. The first-order valence-corrected chi connectivity index (χ1v) is 8.96. The molecule has 0 saturated carbocycles. The van der Waals surface area contributed by atoms with Gasteiger partial charge in [-0.25, -0.2) is 4.39 Å². The second-order valence-electron chi connectivity index (χ2n) is 6.34. The molecule has 0 atom stereocenters. The highest BCUT2D eigenvalue weighted by molar-refractivity contribution is 5.94. The van der Waals surface area contributed by atoms with Crippen LogP contribution in [0.2, 0.25) is 0 Å². The molecule has 0 fully saturated rings. The van der Waals surface area contributed by atoms with Gasteiger partial charge in [0.1, 0.15) is 11.5 Å². The number of nitro benzene ring substituents is 1. The minimum atomic E-state index is -0.403. The number of fused-ring (bicyclic) bond motifs is 1. The van der Waals surface area contributed by atoms with E-state index in [1.54, 1.807) is 42.6 Å². The molecule has 0 amide bonds. The van der Waals surface area contributed by atoms with Crippen LogP contribution >= 0.6 is 0 Å². The molecule has 8 nitrogen and oxygen atoms in total. The molecular weight excluding hydrogens is 377 g/mol. The molecular formula is C20H16FN5O3. The third-order valence-electron chi connectivity index (χ3n) is 4.39. The lowest BCUT2D eigenvalue weighted by molar-refractivity contribution is -0.382. The molecule has 0 aliphatic rings. The van der Waals surface area contributed by atoms with Gasteiger partial charge in [0.25, 0.3) is 0 Å². The summed E-state index contributed by atoms with van der Waals surface area (Å²) in [5.74, 6) is 0.510. The Morgan fingerprint density at radius 1 is 1.14 bits per heavy atom. The van der Waals surface area contributed by atoms with E-state index in [4.69, 9.17) is 4.52 Å². The smallest absolute Gasteiger partial charge is 0.301 e. The highest BCUT2D eigenvalue weighted by Gasteiger charge is 2.18. The summed E-state index contributed by atoms with van der Waals surface area (Å²) in [7, 11) is 0. The van der Waals surface area contributed by atoms with E-state index in [2.05, 4.69) is 20.4 Å². The Balaban J connectivity index is 1.39. The molecule has 0 bridgehead atoms. The molecule has 0 aliphatic heterocycles. The standard InChI is InChI=1S/C20H16FN5O3/c21-14-7-5-13(6-8-14)20-24-18(29-25-20)4-2-12-23-17-10-9-16-15(3-1-11-22-16)19(17)26(27)28/h1,3,5-11,23H,2,4,12H2. The number of anilines is 1. The Morgan fingerprint density at radius 3 is 2.76 bits per heavy atom. The van der Waals surface area contributed by atoms with Gasteiger partial charge in [-0.2, -0.15) is 4.98 Å². The van der Waals surface area contributed by atoms with Gasteiger partial charge < -0.3 is 9.84 Å². The lowest BCUT2D eigenvalue weighted by atomic mass is 10.1. The van der Waals surface area contributed by atoms with Crippen LogP contribution in [-0.4, -0.2) is 26.6 Å². The van der Waals surface area contributed by atoms with Crippen LogP contribution in [0, 0.1) is 15.9 Å². The van der Waals surface area contributed by atoms with Gasteiger partial charge in [0, 0.05) is 24.7 Å². The van der Waals surface area contributed by atoms with Gasteiger partial charge in [0.05, 0.1) is 15.8 Å². The molecule has 1 N–H and O–H groups in total. The molecule has 4 aromatic rings. The highest BCUT2D eigenvalue weighted by Crippen LogP contribution is 2.32. The molecule has 2 aromatic heterocycles. The Morgan fingerprint density at radius 2 is 1.97 bits per heavy atom. The Bertz CT molecular complexity index is 1160. The van der Waals surface area contributed by atoms with Crippen LogP contribution in [0.25, 0.3) is 22.3 Å². The summed E-state index contributed by atoms with van der Waals surface area (Å²) in [5, 5.41) is 19.0. The average molecular weight is 393 g/mol. The fraction of sp³-hybridized carbons (Fsp3) is 0.150. The first-order chi connectivity index (χ1) is 14.1. The van der Waals surface area contributed by atoms with E-state index in [1.165, 1.54) is 12.1 Å². The van der Waals surface area contributed by atoms with Crippen molar-refractivity contribution in [2.45, 2.75) is 12.8 Å². The summed E-state index contributed by atoms with van der Waals surface area (Å²) in [4.78, 5) is 19.6. The summed E-state index contributed by atoms with van der Waals surface area (Å²) in [6.07, 6.45) is 2.74. The SMILES string of the molecule is O=[N+]([O-])c1c(NCCCc2nc(-c3ccc(F)cc3)no2)ccc2ncccc12. The highest BCUT2D eigenvalue weighted by atomic mass is 19.1. The van der Waals surface area contributed by atoms with Crippen molar-refractivity contribution in [2.75, 3.05) is 11.9 Å². The molecule has 29 heavy (non-hydrogen) atoms. The van der Waals surface area contributed by atoms with E-state index in [9.17, 15) is 14.5 Å². The van der Waals surface area contributed by atoms with Gasteiger partial charge in [0.2, 0.25) is 11.7 Å². The van der Waals surface area contributed by atoms with Gasteiger partial charge >= 0.3 is 5.69 Å². The van der Waals surface area contributed by atoms with Crippen molar-refractivity contribution in [3.05, 3.63) is 76.6 Å². The van der Waals surface area contributed by atoms with E-state index in [-0.39, 0.29) is 11.5 Å². The van der Waals surface area contributed by atoms with Gasteiger partial charge in [0.15, 0.2) is 0 Å². The fourth-order valence-electron chi connectivity index (χ4n) is 3.01. The van der Waals surface area contributed by atoms with Gasteiger partial charge in [-0.05, 0) is 55.0 Å². The van der Waals surface area contributed by atoms with E-state index in [0.717, 1.165) is 0 Å². The van der Waals surface area contributed by atoms with Crippen molar-refractivity contribution < 1.29 is 13.8 Å². The maximum atomic E-state index is 13.0. The molecule has 0 spiro atoms. The quantitative estimate of drug-likeness (QED) is 0.282. The molecule has 0 radical (unpaired) electrons. The van der Waals surface area contributed by atoms with Crippen LogP contribution in [0.3, 0.4) is 0 Å². The van der Waals surface area contributed by atoms with Gasteiger partial charge in [-0.3, -0.25) is 15.1 Å². The lowest BCUT2D eigenvalue weighted by Crippen LogP contribution is -2.06. The van der Waals surface area contributed by atoms with Crippen LogP contribution in [-0.2, 0) is 6.42 Å². The van der Waals surface area contributed by atoms with Crippen molar-refractivity contribution in [3.63, 3.8) is 0 Å². The number of nitrogens with one attached hydrogen (secondary N) is 1. The fourth-order valence-corrected chi connectivity index (χ4v) is 3.01. The zero-order valence-electron chi connectivity index (χ0n) is 15.2. The number of rotatable bonds is 7. The molecule has 4 rings (SSSR count). The number of nitro groups is 1. The maximum Gasteiger partial charge on any atom is 0.301 e. The van der Waals surface area contributed by atoms with Crippen LogP contribution in [0.4, 0.5) is 15.8 Å². The van der Waals surface area contributed by atoms with Crippen molar-refractivity contribution in [1.82, 2.24) is 15.1 Å². The van der Waals surface area contributed by atoms with Crippen molar-refractivity contribution in [3.8, 4) is 11.4 Å². The number of pyridine rings is 1. The first kappa shape index (κ1) is 18.5. The predicted molar refractivity (Wildman–Crippen MR) is 105 cm³/mol. The number of halogens is 1. The topological polar surface area (TPSA) is 107 Å². The van der Waals surface area contributed by atoms with Crippen molar-refractivity contribution in [2.24, 2.45) is 0 Å². The molecule has 0 aliphatic carbocycles. The number of aromatic nitrogens is 3. The predicted octanol–water partition coefficient (Wildman–Crippen LogP) is 4.38. The van der Waals surface area contributed by atoms with Crippen LogP contribution in [0.5, 0.6) is 0 Å². The second kappa shape index (κ2) is 8.01. The van der Waals surface area contributed by atoms with Gasteiger partial charge in [-0.1, -0.05) is 5.16 Å². The number of aryl methyl sites for hydroxylation is 1. The third kappa shape index (κ3) is 4.03. The van der Waals surface area contributed by atoms with E-state index >= 15 is 0 Å². The second-order valence-corrected chi connectivity index (χ2v) is 6.34. The molecule has 9 heteroatoms. The van der Waals surface area contributed by atoms with E-state index in [0.29, 0.717) is 53.3 Å². The summed E-state index contributed by atoms with van der Waals surface area (Å²) in [5.41, 5.74) is 1.68. The normalized spacial score (nSPS) is 10.9. The van der Waals surface area contributed by atoms with E-state index in [1.807, 2.05) is 0 Å². The van der Waals surface area contributed by atoms with Crippen molar-refractivity contribution in [1.29, 1.82) is 0 Å². The molecule has 2 heterocycles.